The second-order valence-electron chi connectivity index (χ2n) is 7.25. The van der Waals surface area contributed by atoms with E-state index >= 15 is 0 Å². The number of hydrogen-bond donors (Lipinski definition) is 2. The number of amides is 1. The van der Waals surface area contributed by atoms with Crippen LogP contribution in [-0.4, -0.2) is 31.5 Å². The summed E-state index contributed by atoms with van der Waals surface area (Å²) >= 11 is 0. The third kappa shape index (κ3) is 5.40. The molecule has 1 aliphatic rings. The molecule has 0 saturated carbocycles. The fourth-order valence-corrected chi connectivity index (χ4v) is 4.89. The van der Waals surface area contributed by atoms with Crippen molar-refractivity contribution in [2.75, 3.05) is 6.61 Å². The molecule has 1 aliphatic heterocycles. The van der Waals surface area contributed by atoms with Gasteiger partial charge in [-0.15, -0.1) is 0 Å². The first kappa shape index (κ1) is 24.7. The van der Waals surface area contributed by atoms with Crippen LogP contribution in [0.15, 0.2) is 46.9 Å². The number of fused-ring (bicyclic) bond motifs is 1. The highest BCUT2D eigenvalue weighted by atomic mass is 32.2. The smallest absolute Gasteiger partial charge is 0.275 e. The van der Waals surface area contributed by atoms with E-state index in [1.54, 1.807) is 0 Å². The molecule has 2 atom stereocenters. The summed E-state index contributed by atoms with van der Waals surface area (Å²) in [5, 5.41) is 2.32. The second-order valence-corrected chi connectivity index (χ2v) is 8.93. The van der Waals surface area contributed by atoms with Crippen LogP contribution in [0.4, 0.5) is 13.2 Å². The SMILES string of the molecule is C=C(F)/C(F)=C(F)\C=C(/C)NC(=O)c1c2c(cn1C)S(=O)(=O)N[C@@H](CC)[C@@H](CC)CO2. The number of ether oxygens (including phenoxy) is 1. The van der Waals surface area contributed by atoms with Crippen molar-refractivity contribution in [3.63, 3.8) is 0 Å². The van der Waals surface area contributed by atoms with Gasteiger partial charge < -0.3 is 14.6 Å². The molecule has 0 fully saturated rings. The number of carbonyl (C=O) groups is 1. The molecule has 31 heavy (non-hydrogen) atoms. The molecule has 11 heteroatoms. The summed E-state index contributed by atoms with van der Waals surface area (Å²) in [6.07, 6.45) is 3.06. The number of carbonyl (C=O) groups excluding carboxylic acids is 1. The zero-order chi connectivity index (χ0) is 23.5. The molecule has 2 rings (SSSR count). The number of sulfonamides is 1. The van der Waals surface area contributed by atoms with Crippen LogP contribution in [0.25, 0.3) is 0 Å². The topological polar surface area (TPSA) is 89.4 Å². The maximum atomic E-state index is 13.7. The zero-order valence-corrected chi connectivity index (χ0v) is 18.6. The third-order valence-corrected chi connectivity index (χ3v) is 6.47. The van der Waals surface area contributed by atoms with Crippen LogP contribution in [0.5, 0.6) is 5.75 Å². The van der Waals surface area contributed by atoms with Crippen LogP contribution in [0, 0.1) is 5.92 Å². The highest BCUT2D eigenvalue weighted by Crippen LogP contribution is 2.33. The van der Waals surface area contributed by atoms with Crippen LogP contribution >= 0.6 is 0 Å². The van der Waals surface area contributed by atoms with Gasteiger partial charge in [0.05, 0.1) is 6.61 Å². The van der Waals surface area contributed by atoms with Crippen molar-refractivity contribution in [1.82, 2.24) is 14.6 Å². The van der Waals surface area contributed by atoms with E-state index in [2.05, 4.69) is 16.6 Å². The van der Waals surface area contributed by atoms with Crippen molar-refractivity contribution in [1.29, 1.82) is 0 Å². The van der Waals surface area contributed by atoms with Crippen molar-refractivity contribution in [2.24, 2.45) is 13.0 Å². The number of halogens is 3. The summed E-state index contributed by atoms with van der Waals surface area (Å²) in [6, 6.07) is -0.319. The van der Waals surface area contributed by atoms with Gasteiger partial charge in [-0.05, 0) is 25.8 Å². The van der Waals surface area contributed by atoms with E-state index in [0.717, 1.165) is 0 Å². The van der Waals surface area contributed by atoms with Gasteiger partial charge in [0, 0.05) is 30.9 Å². The Bertz CT molecular complexity index is 1040. The first-order valence-corrected chi connectivity index (χ1v) is 11.1. The highest BCUT2D eigenvalue weighted by molar-refractivity contribution is 7.89. The van der Waals surface area contributed by atoms with Crippen molar-refractivity contribution < 1.29 is 31.1 Å². The van der Waals surface area contributed by atoms with E-state index in [1.165, 1.54) is 24.7 Å². The molecule has 0 unspecified atom stereocenters. The standard InChI is InChI=1S/C20H26F3N3O4S/c1-6-13-10-30-19-16(31(28,29)25-15(13)7-2)9-26(5)18(19)20(27)24-11(3)8-14(22)17(23)12(4)21/h8-9,13,15,25H,4,6-7,10H2,1-3,5H3,(H,24,27)/b11-8+,17-14-/t13-,15-/m0/s1. The van der Waals surface area contributed by atoms with Gasteiger partial charge in [0.25, 0.3) is 5.91 Å². The van der Waals surface area contributed by atoms with Crippen molar-refractivity contribution >= 4 is 15.9 Å². The Labute approximate surface area is 179 Å². The summed E-state index contributed by atoms with van der Waals surface area (Å²) in [5.41, 5.74) is -0.254. The first-order chi connectivity index (χ1) is 14.4. The molecular weight excluding hydrogens is 435 g/mol. The van der Waals surface area contributed by atoms with Gasteiger partial charge in [0.15, 0.2) is 28.9 Å². The Hall–Kier alpha value is -2.53. The zero-order valence-electron chi connectivity index (χ0n) is 17.8. The molecule has 0 aliphatic carbocycles. The monoisotopic (exact) mass is 461 g/mol. The van der Waals surface area contributed by atoms with E-state index in [9.17, 15) is 26.4 Å². The predicted molar refractivity (Wildman–Crippen MR) is 110 cm³/mol. The van der Waals surface area contributed by atoms with Gasteiger partial charge >= 0.3 is 0 Å². The normalized spacial score (nSPS) is 21.8. The fourth-order valence-electron chi connectivity index (χ4n) is 3.31. The van der Waals surface area contributed by atoms with Crippen molar-refractivity contribution in [2.45, 2.75) is 44.6 Å². The first-order valence-electron chi connectivity index (χ1n) is 9.67. The Morgan fingerprint density at radius 2 is 2.00 bits per heavy atom. The number of aromatic nitrogens is 1. The lowest BCUT2D eigenvalue weighted by atomic mass is 9.96. The maximum Gasteiger partial charge on any atom is 0.275 e. The van der Waals surface area contributed by atoms with E-state index in [1.807, 2.05) is 13.8 Å². The number of nitrogens with one attached hydrogen (secondary N) is 2. The summed E-state index contributed by atoms with van der Waals surface area (Å²) < 4.78 is 75.1. The molecule has 2 heterocycles. The minimum Gasteiger partial charge on any atom is -0.489 e. The fraction of sp³-hybridized carbons (Fsp3) is 0.450. The molecule has 1 amide bonds. The molecule has 0 bridgehead atoms. The maximum absolute atomic E-state index is 13.7. The van der Waals surface area contributed by atoms with Crippen molar-refractivity contribution in [3.8, 4) is 5.75 Å². The molecule has 0 saturated heterocycles. The van der Waals surface area contributed by atoms with Gasteiger partial charge in [0.1, 0.15) is 4.90 Å². The summed E-state index contributed by atoms with van der Waals surface area (Å²) in [6.45, 7) is 7.88. The van der Waals surface area contributed by atoms with Crippen LogP contribution in [0.3, 0.4) is 0 Å². The van der Waals surface area contributed by atoms with Gasteiger partial charge in [0.2, 0.25) is 10.0 Å². The van der Waals surface area contributed by atoms with Crippen LogP contribution in [0.2, 0.25) is 0 Å². The lowest BCUT2D eigenvalue weighted by molar-refractivity contribution is 0.0951. The summed E-state index contributed by atoms with van der Waals surface area (Å²) in [7, 11) is -2.51. The highest BCUT2D eigenvalue weighted by Gasteiger charge is 2.35. The number of allylic oxidation sites excluding steroid dienone is 5. The summed E-state index contributed by atoms with van der Waals surface area (Å²) in [4.78, 5) is 12.6. The molecule has 172 valence electrons. The second kappa shape index (κ2) is 9.73. The van der Waals surface area contributed by atoms with Gasteiger partial charge in [-0.1, -0.05) is 20.4 Å². The Kier molecular flexibility index (Phi) is 7.77. The minimum absolute atomic E-state index is 0.110. The number of aryl methyl sites for hydroxylation is 1. The number of hydrogen-bond acceptors (Lipinski definition) is 4. The van der Waals surface area contributed by atoms with E-state index < -0.39 is 33.4 Å². The quantitative estimate of drug-likeness (QED) is 0.632. The minimum atomic E-state index is -3.97. The molecule has 1 aromatic rings. The largest absolute Gasteiger partial charge is 0.489 e. The molecule has 1 aromatic heterocycles. The Balaban J connectivity index is 2.44. The lowest BCUT2D eigenvalue weighted by Crippen LogP contribution is -2.43. The molecular formula is C20H26F3N3O4S. The molecule has 0 aromatic carbocycles. The average Bonchev–Trinajstić information content (AvgIpc) is 3.02. The van der Waals surface area contributed by atoms with Crippen LogP contribution in [0.1, 0.15) is 44.1 Å². The van der Waals surface area contributed by atoms with Crippen LogP contribution < -0.4 is 14.8 Å². The Morgan fingerprint density at radius 1 is 1.35 bits per heavy atom. The van der Waals surface area contributed by atoms with E-state index in [4.69, 9.17) is 4.74 Å². The van der Waals surface area contributed by atoms with Crippen molar-refractivity contribution in [3.05, 3.63) is 47.7 Å². The van der Waals surface area contributed by atoms with Gasteiger partial charge in [-0.2, -0.15) is 0 Å². The molecule has 7 nitrogen and oxygen atoms in total. The molecule has 0 spiro atoms. The van der Waals surface area contributed by atoms with Gasteiger partial charge in [-0.25, -0.2) is 26.3 Å². The third-order valence-electron chi connectivity index (χ3n) is 4.99. The molecule has 2 N–H and O–H groups in total. The van der Waals surface area contributed by atoms with E-state index in [-0.39, 0.29) is 40.6 Å². The lowest BCUT2D eigenvalue weighted by Gasteiger charge is -2.28. The van der Waals surface area contributed by atoms with Crippen LogP contribution in [-0.2, 0) is 17.1 Å². The van der Waals surface area contributed by atoms with Gasteiger partial charge in [-0.3, -0.25) is 4.79 Å². The molecule has 0 radical (unpaired) electrons. The predicted octanol–water partition coefficient (Wildman–Crippen LogP) is 3.77. The Morgan fingerprint density at radius 3 is 2.55 bits per heavy atom. The number of nitrogens with zero attached hydrogens (tertiary/aromatic N) is 1. The number of rotatable bonds is 6. The summed E-state index contributed by atoms with van der Waals surface area (Å²) in [5.74, 6) is -5.96. The average molecular weight is 462 g/mol. The van der Waals surface area contributed by atoms with E-state index in [0.29, 0.717) is 18.9 Å².